The highest BCUT2D eigenvalue weighted by atomic mass is 16.3. The second kappa shape index (κ2) is 5.33. The first kappa shape index (κ1) is 16.1. The molecule has 130 valence electrons. The summed E-state index contributed by atoms with van der Waals surface area (Å²) in [6, 6.07) is 0. The number of allylic oxidation sites excluding steroid dienone is 1. The van der Waals surface area contributed by atoms with Crippen LogP contribution in [-0.2, 0) is 0 Å². The third-order valence-electron chi connectivity index (χ3n) is 8.92. The normalized spacial score (nSPS) is 58.9. The first-order valence-corrected chi connectivity index (χ1v) is 9.89. The molecular formula is C21H34O2. The van der Waals surface area contributed by atoms with Crippen LogP contribution in [0, 0.1) is 40.4 Å². The number of hydrogen-bond donors (Lipinski definition) is 2. The predicted octanol–water partition coefficient (Wildman–Crippen LogP) is 4.16. The quantitative estimate of drug-likeness (QED) is 0.713. The van der Waals surface area contributed by atoms with E-state index in [1.165, 1.54) is 25.7 Å². The summed E-state index contributed by atoms with van der Waals surface area (Å²) < 4.78 is 0. The Morgan fingerprint density at radius 1 is 1.00 bits per heavy atom. The van der Waals surface area contributed by atoms with Crippen LogP contribution >= 0.6 is 0 Å². The van der Waals surface area contributed by atoms with Gasteiger partial charge in [0.2, 0.25) is 0 Å². The number of aliphatic hydroxyl groups excluding tert-OH is 2. The Kier molecular flexibility index (Phi) is 3.74. The summed E-state index contributed by atoms with van der Waals surface area (Å²) in [7, 11) is 0. The molecule has 4 aliphatic carbocycles. The predicted molar refractivity (Wildman–Crippen MR) is 92.8 cm³/mol. The van der Waals surface area contributed by atoms with Gasteiger partial charge in [-0.15, -0.1) is 6.58 Å². The fraction of sp³-hybridized carbons (Fsp3) is 0.905. The van der Waals surface area contributed by atoms with Gasteiger partial charge in [0.15, 0.2) is 0 Å². The van der Waals surface area contributed by atoms with Crippen molar-refractivity contribution in [2.75, 3.05) is 0 Å². The topological polar surface area (TPSA) is 40.5 Å². The van der Waals surface area contributed by atoms with Crippen LogP contribution in [0.25, 0.3) is 0 Å². The molecule has 4 saturated carbocycles. The molecule has 2 heteroatoms. The van der Waals surface area contributed by atoms with Gasteiger partial charge in [-0.2, -0.15) is 0 Å². The van der Waals surface area contributed by atoms with Gasteiger partial charge in [0.25, 0.3) is 0 Å². The van der Waals surface area contributed by atoms with Crippen LogP contribution in [0.1, 0.15) is 65.2 Å². The van der Waals surface area contributed by atoms with Gasteiger partial charge in [-0.3, -0.25) is 0 Å². The maximum absolute atomic E-state index is 11.2. The van der Waals surface area contributed by atoms with Crippen molar-refractivity contribution in [1.29, 1.82) is 0 Å². The van der Waals surface area contributed by atoms with Gasteiger partial charge in [-0.05, 0) is 91.8 Å². The number of fused-ring (bicyclic) bond motifs is 5. The highest BCUT2D eigenvalue weighted by Crippen LogP contribution is 2.67. The van der Waals surface area contributed by atoms with Crippen LogP contribution in [-0.4, -0.2) is 22.4 Å². The Morgan fingerprint density at radius 3 is 2.52 bits per heavy atom. The molecule has 9 unspecified atom stereocenters. The van der Waals surface area contributed by atoms with Gasteiger partial charge in [-0.25, -0.2) is 0 Å². The van der Waals surface area contributed by atoms with Crippen LogP contribution in [0.3, 0.4) is 0 Å². The molecule has 0 aliphatic heterocycles. The van der Waals surface area contributed by atoms with E-state index in [9.17, 15) is 10.2 Å². The zero-order valence-corrected chi connectivity index (χ0v) is 14.9. The van der Waals surface area contributed by atoms with E-state index in [1.807, 2.05) is 0 Å². The summed E-state index contributed by atoms with van der Waals surface area (Å²) in [5, 5.41) is 21.3. The molecule has 23 heavy (non-hydrogen) atoms. The second-order valence-corrected chi connectivity index (χ2v) is 9.70. The molecule has 2 N–H and O–H groups in total. The lowest BCUT2D eigenvalue weighted by Gasteiger charge is -2.62. The number of hydrogen-bond acceptors (Lipinski definition) is 2. The van der Waals surface area contributed by atoms with Gasteiger partial charge in [0, 0.05) is 0 Å². The molecule has 4 fully saturated rings. The lowest BCUT2D eigenvalue weighted by Crippen LogP contribution is -2.59. The molecule has 9 atom stereocenters. The SMILES string of the molecule is C=CC1CCC2C3CCC4CC(O)CCC4(C)C3C(O)CC12C. The van der Waals surface area contributed by atoms with E-state index in [1.54, 1.807) is 0 Å². The summed E-state index contributed by atoms with van der Waals surface area (Å²) in [6.45, 7) is 8.95. The molecule has 4 rings (SSSR count). The maximum atomic E-state index is 11.2. The van der Waals surface area contributed by atoms with Crippen molar-refractivity contribution in [3.8, 4) is 0 Å². The van der Waals surface area contributed by atoms with Gasteiger partial charge >= 0.3 is 0 Å². The molecule has 0 aromatic carbocycles. The fourth-order valence-electron chi connectivity index (χ4n) is 7.79. The molecule has 0 heterocycles. The van der Waals surface area contributed by atoms with Crippen molar-refractivity contribution in [1.82, 2.24) is 0 Å². The van der Waals surface area contributed by atoms with Gasteiger partial charge in [0.1, 0.15) is 0 Å². The molecule has 0 radical (unpaired) electrons. The number of aliphatic hydroxyl groups is 2. The van der Waals surface area contributed by atoms with Crippen molar-refractivity contribution in [2.24, 2.45) is 40.4 Å². The Morgan fingerprint density at radius 2 is 1.78 bits per heavy atom. The van der Waals surface area contributed by atoms with E-state index in [0.29, 0.717) is 23.7 Å². The highest BCUT2D eigenvalue weighted by molar-refractivity contribution is 5.13. The molecule has 0 aromatic heterocycles. The summed E-state index contributed by atoms with van der Waals surface area (Å²) in [5.74, 6) is 3.11. The molecule has 4 aliphatic rings. The lowest BCUT2D eigenvalue weighted by atomic mass is 9.44. The van der Waals surface area contributed by atoms with Crippen LogP contribution in [0.5, 0.6) is 0 Å². The van der Waals surface area contributed by atoms with Crippen LogP contribution in [0.15, 0.2) is 12.7 Å². The first-order chi connectivity index (χ1) is 10.9. The van der Waals surface area contributed by atoms with E-state index in [-0.39, 0.29) is 23.0 Å². The average Bonchev–Trinajstić information content (AvgIpc) is 2.83. The molecule has 2 nitrogen and oxygen atoms in total. The lowest BCUT2D eigenvalue weighted by molar-refractivity contribution is -0.175. The van der Waals surface area contributed by atoms with Crippen molar-refractivity contribution >= 4 is 0 Å². The van der Waals surface area contributed by atoms with E-state index in [4.69, 9.17) is 0 Å². The molecule has 0 aromatic rings. The Bertz CT molecular complexity index is 488. The van der Waals surface area contributed by atoms with Gasteiger partial charge < -0.3 is 10.2 Å². The standard InChI is InChI=1S/C21H34O2/c1-4-13-6-8-17-16-7-5-14-11-15(22)9-10-20(14,2)19(16)18(23)12-21(13,17)3/h4,13-19,22-23H,1,5-12H2,2-3H3. The zero-order chi connectivity index (χ0) is 16.4. The highest BCUT2D eigenvalue weighted by Gasteiger charge is 2.62. The molecular weight excluding hydrogens is 284 g/mol. The van der Waals surface area contributed by atoms with Crippen molar-refractivity contribution < 1.29 is 10.2 Å². The molecule has 0 saturated heterocycles. The monoisotopic (exact) mass is 318 g/mol. The van der Waals surface area contributed by atoms with Gasteiger partial charge in [0.05, 0.1) is 12.2 Å². The third-order valence-corrected chi connectivity index (χ3v) is 8.92. The number of rotatable bonds is 1. The van der Waals surface area contributed by atoms with E-state index in [2.05, 4.69) is 26.5 Å². The summed E-state index contributed by atoms with van der Waals surface area (Å²) in [5.41, 5.74) is 0.509. The van der Waals surface area contributed by atoms with E-state index < -0.39 is 0 Å². The fourth-order valence-corrected chi connectivity index (χ4v) is 7.79. The maximum Gasteiger partial charge on any atom is 0.0582 e. The van der Waals surface area contributed by atoms with Gasteiger partial charge in [-0.1, -0.05) is 19.9 Å². The molecule has 0 spiro atoms. The van der Waals surface area contributed by atoms with Crippen molar-refractivity contribution in [3.05, 3.63) is 12.7 Å². The Hall–Kier alpha value is -0.340. The van der Waals surface area contributed by atoms with Crippen LogP contribution in [0.2, 0.25) is 0 Å². The third kappa shape index (κ3) is 2.13. The summed E-state index contributed by atoms with van der Waals surface area (Å²) in [6.07, 6.45) is 11.0. The van der Waals surface area contributed by atoms with E-state index in [0.717, 1.165) is 31.6 Å². The smallest absolute Gasteiger partial charge is 0.0582 e. The minimum Gasteiger partial charge on any atom is -0.393 e. The van der Waals surface area contributed by atoms with Crippen molar-refractivity contribution in [2.45, 2.75) is 77.4 Å². The molecule has 0 bridgehead atoms. The zero-order valence-electron chi connectivity index (χ0n) is 14.9. The molecule has 0 amide bonds. The average molecular weight is 319 g/mol. The largest absolute Gasteiger partial charge is 0.393 e. The second-order valence-electron chi connectivity index (χ2n) is 9.70. The van der Waals surface area contributed by atoms with Crippen LogP contribution in [0.4, 0.5) is 0 Å². The van der Waals surface area contributed by atoms with E-state index >= 15 is 0 Å². The summed E-state index contributed by atoms with van der Waals surface area (Å²) >= 11 is 0. The van der Waals surface area contributed by atoms with Crippen molar-refractivity contribution in [3.63, 3.8) is 0 Å². The summed E-state index contributed by atoms with van der Waals surface area (Å²) in [4.78, 5) is 0. The minimum absolute atomic E-state index is 0.104. The Balaban J connectivity index is 1.67. The Labute approximate surface area is 141 Å². The minimum atomic E-state index is -0.162. The first-order valence-electron chi connectivity index (χ1n) is 9.89. The van der Waals surface area contributed by atoms with Crippen LogP contribution < -0.4 is 0 Å².